The van der Waals surface area contributed by atoms with Crippen LogP contribution in [-0.2, 0) is 6.18 Å². The summed E-state index contributed by atoms with van der Waals surface area (Å²) in [4.78, 5) is 16.4. The van der Waals surface area contributed by atoms with Gasteiger partial charge in [0.15, 0.2) is 0 Å². The number of alkyl halides is 3. The highest BCUT2D eigenvalue weighted by molar-refractivity contribution is 6.04. The first-order valence-electron chi connectivity index (χ1n) is 8.07. The van der Waals surface area contributed by atoms with Crippen molar-refractivity contribution < 1.29 is 18.0 Å². The molecule has 3 aromatic rings. The Labute approximate surface area is 158 Å². The summed E-state index contributed by atoms with van der Waals surface area (Å²) in [6, 6.07) is 16.1. The molecule has 0 spiro atoms. The summed E-state index contributed by atoms with van der Waals surface area (Å²) >= 11 is 0. The molecule has 0 aliphatic carbocycles. The van der Waals surface area contributed by atoms with Crippen LogP contribution < -0.4 is 10.6 Å². The first-order chi connectivity index (χ1) is 13.4. The minimum absolute atomic E-state index is 0.0927. The summed E-state index contributed by atoms with van der Waals surface area (Å²) in [6.07, 6.45) is -3.20. The fourth-order valence-corrected chi connectivity index (χ4v) is 2.49. The zero-order valence-corrected chi connectivity index (χ0v) is 14.3. The predicted molar refractivity (Wildman–Crippen MR) is 98.1 cm³/mol. The highest BCUT2D eigenvalue weighted by Gasteiger charge is 2.33. The highest BCUT2D eigenvalue weighted by atomic mass is 19.4. The van der Waals surface area contributed by atoms with E-state index in [1.807, 2.05) is 6.07 Å². The summed E-state index contributed by atoms with van der Waals surface area (Å²) < 4.78 is 39.3. The number of pyridine rings is 1. The molecule has 5 nitrogen and oxygen atoms in total. The number of aromatic nitrogens is 1. The Morgan fingerprint density at radius 1 is 1.04 bits per heavy atom. The lowest BCUT2D eigenvalue weighted by atomic mass is 10.1. The Morgan fingerprint density at radius 3 is 2.57 bits per heavy atom. The van der Waals surface area contributed by atoms with Crippen LogP contribution in [-0.4, -0.2) is 10.9 Å². The van der Waals surface area contributed by atoms with E-state index in [0.29, 0.717) is 11.3 Å². The average molecular weight is 382 g/mol. The second-order valence-corrected chi connectivity index (χ2v) is 5.74. The first kappa shape index (κ1) is 18.9. The second kappa shape index (κ2) is 7.80. The normalized spacial score (nSPS) is 10.8. The zero-order valence-electron chi connectivity index (χ0n) is 14.3. The molecule has 2 aromatic carbocycles. The number of anilines is 3. The van der Waals surface area contributed by atoms with Crippen LogP contribution in [0.4, 0.5) is 30.4 Å². The van der Waals surface area contributed by atoms with E-state index < -0.39 is 17.6 Å². The molecule has 0 unspecified atom stereocenters. The number of amides is 1. The quantitative estimate of drug-likeness (QED) is 0.668. The van der Waals surface area contributed by atoms with Gasteiger partial charge < -0.3 is 10.6 Å². The van der Waals surface area contributed by atoms with Crippen molar-refractivity contribution in [3.8, 4) is 6.07 Å². The van der Waals surface area contributed by atoms with Crippen molar-refractivity contribution in [2.75, 3.05) is 10.6 Å². The van der Waals surface area contributed by atoms with E-state index in [4.69, 9.17) is 5.26 Å². The molecule has 0 saturated heterocycles. The standard InChI is InChI=1S/C20H13F3N4O/c21-20(22,23)16-6-1-2-7-17(16)27-18-11-14(8-9-25-18)19(28)26-15-5-3-4-13(10-15)12-24/h1-11H,(H,25,27)(H,26,28). The van der Waals surface area contributed by atoms with E-state index in [1.54, 1.807) is 18.2 Å². The molecule has 28 heavy (non-hydrogen) atoms. The number of hydrogen-bond donors (Lipinski definition) is 2. The lowest BCUT2D eigenvalue weighted by Gasteiger charge is -2.14. The Kier molecular flexibility index (Phi) is 5.27. The van der Waals surface area contributed by atoms with Crippen molar-refractivity contribution in [3.05, 3.63) is 83.6 Å². The predicted octanol–water partition coefficient (Wildman–Crippen LogP) is 4.97. The van der Waals surface area contributed by atoms with Crippen LogP contribution >= 0.6 is 0 Å². The molecule has 2 N–H and O–H groups in total. The van der Waals surface area contributed by atoms with Gasteiger partial charge in [0.1, 0.15) is 5.82 Å². The molecule has 1 amide bonds. The number of carbonyl (C=O) groups excluding carboxylic acids is 1. The molecule has 140 valence electrons. The van der Waals surface area contributed by atoms with Crippen molar-refractivity contribution in [1.29, 1.82) is 5.26 Å². The minimum Gasteiger partial charge on any atom is -0.340 e. The van der Waals surface area contributed by atoms with Crippen LogP contribution in [0.2, 0.25) is 0 Å². The smallest absolute Gasteiger partial charge is 0.340 e. The SMILES string of the molecule is N#Cc1cccc(NC(=O)c2ccnc(Nc3ccccc3C(F)(F)F)c2)c1. The summed E-state index contributed by atoms with van der Waals surface area (Å²) in [7, 11) is 0. The lowest BCUT2D eigenvalue weighted by Crippen LogP contribution is -2.13. The van der Waals surface area contributed by atoms with E-state index in [0.717, 1.165) is 6.07 Å². The number of nitrogens with zero attached hydrogens (tertiary/aromatic N) is 2. The topological polar surface area (TPSA) is 77.8 Å². The maximum Gasteiger partial charge on any atom is 0.418 e. The maximum absolute atomic E-state index is 13.1. The van der Waals surface area contributed by atoms with Crippen molar-refractivity contribution in [3.63, 3.8) is 0 Å². The molecule has 0 radical (unpaired) electrons. The summed E-state index contributed by atoms with van der Waals surface area (Å²) in [5.41, 5.74) is 0.0162. The van der Waals surface area contributed by atoms with Gasteiger partial charge in [0.2, 0.25) is 0 Å². The van der Waals surface area contributed by atoms with Crippen molar-refractivity contribution >= 4 is 23.1 Å². The third kappa shape index (κ3) is 4.45. The molecule has 0 fully saturated rings. The number of carbonyl (C=O) groups is 1. The third-order valence-electron chi connectivity index (χ3n) is 3.77. The molecule has 3 rings (SSSR count). The van der Waals surface area contributed by atoms with Gasteiger partial charge in [-0.05, 0) is 42.5 Å². The minimum atomic E-state index is -4.52. The molecule has 0 aliphatic heterocycles. The van der Waals surface area contributed by atoms with Crippen molar-refractivity contribution in [2.45, 2.75) is 6.18 Å². The highest BCUT2D eigenvalue weighted by Crippen LogP contribution is 2.35. The van der Waals surface area contributed by atoms with Crippen molar-refractivity contribution in [1.82, 2.24) is 4.98 Å². The van der Waals surface area contributed by atoms with Crippen molar-refractivity contribution in [2.24, 2.45) is 0 Å². The van der Waals surface area contributed by atoms with E-state index in [1.165, 1.54) is 42.6 Å². The number of nitriles is 1. The monoisotopic (exact) mass is 382 g/mol. The van der Waals surface area contributed by atoms with Gasteiger partial charge in [0.05, 0.1) is 22.9 Å². The fraction of sp³-hybridized carbons (Fsp3) is 0.0500. The number of rotatable bonds is 4. The lowest BCUT2D eigenvalue weighted by molar-refractivity contribution is -0.136. The number of halogens is 3. The number of para-hydroxylation sites is 1. The van der Waals surface area contributed by atoms with E-state index in [9.17, 15) is 18.0 Å². The molecule has 0 bridgehead atoms. The molecular formula is C20H13F3N4O. The summed E-state index contributed by atoms with van der Waals surface area (Å²) in [5, 5.41) is 14.1. The Hall–Kier alpha value is -3.86. The van der Waals surface area contributed by atoms with E-state index in [2.05, 4.69) is 15.6 Å². The number of nitrogens with one attached hydrogen (secondary N) is 2. The molecule has 8 heteroatoms. The molecule has 1 heterocycles. The van der Waals surface area contributed by atoms with E-state index >= 15 is 0 Å². The van der Waals surface area contributed by atoms with Gasteiger partial charge in [-0.2, -0.15) is 18.4 Å². The van der Waals surface area contributed by atoms with Gasteiger partial charge in [0.25, 0.3) is 5.91 Å². The molecule has 0 atom stereocenters. The van der Waals surface area contributed by atoms with Gasteiger partial charge in [0, 0.05) is 17.4 Å². The van der Waals surface area contributed by atoms with Crippen LogP contribution in [0.1, 0.15) is 21.5 Å². The number of benzene rings is 2. The van der Waals surface area contributed by atoms with Crippen LogP contribution in [0.25, 0.3) is 0 Å². The Bertz CT molecular complexity index is 1060. The van der Waals surface area contributed by atoms with Gasteiger partial charge >= 0.3 is 6.18 Å². The largest absolute Gasteiger partial charge is 0.418 e. The molecule has 1 aromatic heterocycles. The molecule has 0 saturated carbocycles. The van der Waals surface area contributed by atoms with Gasteiger partial charge in [-0.1, -0.05) is 18.2 Å². The summed E-state index contributed by atoms with van der Waals surface area (Å²) in [6.45, 7) is 0. The maximum atomic E-state index is 13.1. The molecule has 0 aliphatic rings. The first-order valence-corrected chi connectivity index (χ1v) is 8.07. The third-order valence-corrected chi connectivity index (χ3v) is 3.77. The van der Waals surface area contributed by atoms with Crippen LogP contribution in [0.5, 0.6) is 0 Å². The number of hydrogen-bond acceptors (Lipinski definition) is 4. The Morgan fingerprint density at radius 2 is 1.82 bits per heavy atom. The van der Waals surface area contributed by atoms with Crippen LogP contribution in [0.3, 0.4) is 0 Å². The van der Waals surface area contributed by atoms with Crippen LogP contribution in [0, 0.1) is 11.3 Å². The second-order valence-electron chi connectivity index (χ2n) is 5.74. The summed E-state index contributed by atoms with van der Waals surface area (Å²) in [5.74, 6) is -0.389. The zero-order chi connectivity index (χ0) is 20.1. The van der Waals surface area contributed by atoms with Gasteiger partial charge in [-0.3, -0.25) is 4.79 Å². The van der Waals surface area contributed by atoms with E-state index in [-0.39, 0.29) is 17.1 Å². The van der Waals surface area contributed by atoms with Gasteiger partial charge in [-0.25, -0.2) is 4.98 Å². The molecular weight excluding hydrogens is 369 g/mol. The van der Waals surface area contributed by atoms with Crippen LogP contribution in [0.15, 0.2) is 66.9 Å². The fourth-order valence-electron chi connectivity index (χ4n) is 2.49. The van der Waals surface area contributed by atoms with Gasteiger partial charge in [-0.15, -0.1) is 0 Å². The Balaban J connectivity index is 1.81. The average Bonchev–Trinajstić information content (AvgIpc) is 2.68.